The van der Waals surface area contributed by atoms with Crippen LogP contribution in [0.1, 0.15) is 30.0 Å². The summed E-state index contributed by atoms with van der Waals surface area (Å²) in [4.78, 5) is 25.3. The maximum absolute atomic E-state index is 12.9. The van der Waals surface area contributed by atoms with Gasteiger partial charge in [-0.1, -0.05) is 12.1 Å². The Morgan fingerprint density at radius 1 is 1.22 bits per heavy atom. The number of carbonyl (C=O) groups is 1. The van der Waals surface area contributed by atoms with Crippen LogP contribution in [0.3, 0.4) is 0 Å². The van der Waals surface area contributed by atoms with E-state index in [1.165, 1.54) is 25.3 Å². The minimum atomic E-state index is -3.17. The van der Waals surface area contributed by atoms with Gasteiger partial charge in [-0.2, -0.15) is 8.78 Å². The fraction of sp³-hybridized carbons (Fsp3) is 0.318. The molecule has 1 atom stereocenters. The van der Waals surface area contributed by atoms with Crippen LogP contribution in [0.5, 0.6) is 17.2 Å². The molecule has 2 aromatic carbocycles. The molecule has 0 aromatic heterocycles. The van der Waals surface area contributed by atoms with Gasteiger partial charge in [0.05, 0.1) is 36.8 Å². The number of halogens is 2. The van der Waals surface area contributed by atoms with Crippen molar-refractivity contribution in [2.45, 2.75) is 25.5 Å². The van der Waals surface area contributed by atoms with E-state index < -0.39 is 23.0 Å². The van der Waals surface area contributed by atoms with Crippen molar-refractivity contribution in [2.24, 2.45) is 0 Å². The molecule has 8 nitrogen and oxygen atoms in total. The van der Waals surface area contributed by atoms with E-state index in [0.29, 0.717) is 12.3 Å². The standard InChI is InChI=1S/C22H22F2N2O6/c1-30-16-6-3-5-14(11-16)17-7-4-10-25(17)21(27)9-8-15-12-19(31-2)20(32-22(23)24)13-18(15)26(28)29/h3,5-6,8-9,11-13,17,22H,4,7,10H2,1-2H3/b9-8+. The number of carbonyl (C=O) groups excluding carboxylic acids is 1. The molecule has 32 heavy (non-hydrogen) atoms. The SMILES string of the molecule is COc1cccc(C2CCCN2C(=O)/C=C/c2cc(OC)c(OC(F)F)cc2[N+](=O)[O-])c1. The van der Waals surface area contributed by atoms with Crippen molar-refractivity contribution in [3.63, 3.8) is 0 Å². The molecule has 1 fully saturated rings. The third kappa shape index (κ3) is 5.13. The van der Waals surface area contributed by atoms with Gasteiger partial charge in [0.25, 0.3) is 5.69 Å². The molecule has 0 radical (unpaired) electrons. The number of nitro benzene ring substituents is 1. The molecule has 170 valence electrons. The van der Waals surface area contributed by atoms with Crippen LogP contribution in [-0.2, 0) is 4.79 Å². The van der Waals surface area contributed by atoms with E-state index in [1.54, 1.807) is 12.0 Å². The average Bonchev–Trinajstić information content (AvgIpc) is 3.27. The van der Waals surface area contributed by atoms with Crippen molar-refractivity contribution < 1.29 is 32.7 Å². The van der Waals surface area contributed by atoms with Gasteiger partial charge in [0.2, 0.25) is 5.91 Å². The van der Waals surface area contributed by atoms with E-state index in [4.69, 9.17) is 9.47 Å². The number of amides is 1. The highest BCUT2D eigenvalue weighted by Gasteiger charge is 2.29. The van der Waals surface area contributed by atoms with Crippen LogP contribution >= 0.6 is 0 Å². The first-order valence-corrected chi connectivity index (χ1v) is 9.78. The third-order valence-electron chi connectivity index (χ3n) is 5.15. The highest BCUT2D eigenvalue weighted by molar-refractivity contribution is 5.93. The number of nitro groups is 1. The molecule has 0 N–H and O–H groups in total. The summed E-state index contributed by atoms with van der Waals surface area (Å²) in [5.41, 5.74) is 0.472. The summed E-state index contributed by atoms with van der Waals surface area (Å²) in [6.07, 6.45) is 4.10. The molecule has 0 bridgehead atoms. The maximum Gasteiger partial charge on any atom is 0.387 e. The van der Waals surface area contributed by atoms with Crippen LogP contribution in [0.15, 0.2) is 42.5 Å². The Kier molecular flexibility index (Phi) is 7.24. The van der Waals surface area contributed by atoms with Crippen molar-refractivity contribution in [2.75, 3.05) is 20.8 Å². The Morgan fingerprint density at radius 3 is 2.66 bits per heavy atom. The molecule has 0 aliphatic carbocycles. The van der Waals surface area contributed by atoms with Crippen molar-refractivity contribution in [1.29, 1.82) is 0 Å². The van der Waals surface area contributed by atoms with E-state index in [0.717, 1.165) is 24.5 Å². The van der Waals surface area contributed by atoms with Gasteiger partial charge < -0.3 is 19.1 Å². The molecule has 1 amide bonds. The van der Waals surface area contributed by atoms with Crippen LogP contribution in [0.25, 0.3) is 6.08 Å². The number of nitrogens with zero attached hydrogens (tertiary/aromatic N) is 2. The zero-order valence-electron chi connectivity index (χ0n) is 17.5. The molecular weight excluding hydrogens is 426 g/mol. The second kappa shape index (κ2) is 10.1. The Bertz CT molecular complexity index is 1030. The number of methoxy groups -OCH3 is 2. The van der Waals surface area contributed by atoms with E-state index in [2.05, 4.69) is 4.74 Å². The van der Waals surface area contributed by atoms with Gasteiger partial charge in [-0.3, -0.25) is 14.9 Å². The first kappa shape index (κ1) is 23.0. The monoisotopic (exact) mass is 448 g/mol. The smallest absolute Gasteiger partial charge is 0.387 e. The zero-order chi connectivity index (χ0) is 23.3. The van der Waals surface area contributed by atoms with E-state index >= 15 is 0 Å². The first-order chi connectivity index (χ1) is 15.3. The fourth-order valence-electron chi connectivity index (χ4n) is 3.69. The second-order valence-electron chi connectivity index (χ2n) is 7.00. The summed E-state index contributed by atoms with van der Waals surface area (Å²) in [5.74, 6) is -0.212. The lowest BCUT2D eigenvalue weighted by Crippen LogP contribution is -2.28. The van der Waals surface area contributed by atoms with Crippen molar-refractivity contribution in [1.82, 2.24) is 4.90 Å². The lowest BCUT2D eigenvalue weighted by atomic mass is 10.0. The lowest BCUT2D eigenvalue weighted by molar-refractivity contribution is -0.385. The highest BCUT2D eigenvalue weighted by atomic mass is 19.3. The maximum atomic E-state index is 12.9. The van der Waals surface area contributed by atoms with Gasteiger partial charge in [-0.25, -0.2) is 0 Å². The largest absolute Gasteiger partial charge is 0.497 e. The van der Waals surface area contributed by atoms with Gasteiger partial charge in [0.1, 0.15) is 5.75 Å². The summed E-state index contributed by atoms with van der Waals surface area (Å²) in [6.45, 7) is -2.63. The molecule has 1 heterocycles. The molecule has 1 unspecified atom stereocenters. The van der Waals surface area contributed by atoms with Gasteiger partial charge in [-0.15, -0.1) is 0 Å². The molecule has 1 aliphatic heterocycles. The summed E-state index contributed by atoms with van der Waals surface area (Å²) >= 11 is 0. The van der Waals surface area contributed by atoms with Crippen LogP contribution in [-0.4, -0.2) is 43.1 Å². The van der Waals surface area contributed by atoms with Crippen LogP contribution in [0.2, 0.25) is 0 Å². The molecule has 1 aliphatic rings. The van der Waals surface area contributed by atoms with Crippen molar-refractivity contribution in [3.8, 4) is 17.2 Å². The molecule has 3 rings (SSSR count). The number of rotatable bonds is 8. The summed E-state index contributed by atoms with van der Waals surface area (Å²) in [6, 6.07) is 9.35. The van der Waals surface area contributed by atoms with Crippen LogP contribution in [0, 0.1) is 10.1 Å². The van der Waals surface area contributed by atoms with Gasteiger partial charge in [0.15, 0.2) is 11.5 Å². The fourth-order valence-corrected chi connectivity index (χ4v) is 3.69. The van der Waals surface area contributed by atoms with E-state index in [-0.39, 0.29) is 23.3 Å². The molecule has 0 saturated carbocycles. The number of benzene rings is 2. The summed E-state index contributed by atoms with van der Waals surface area (Å²) in [7, 11) is 2.79. The predicted molar refractivity (Wildman–Crippen MR) is 112 cm³/mol. The molecular formula is C22H22F2N2O6. The molecule has 0 spiro atoms. The number of likely N-dealkylation sites (tertiary alicyclic amines) is 1. The van der Waals surface area contributed by atoms with Crippen LogP contribution < -0.4 is 14.2 Å². The number of alkyl halides is 2. The van der Waals surface area contributed by atoms with Crippen LogP contribution in [0.4, 0.5) is 14.5 Å². The zero-order valence-corrected chi connectivity index (χ0v) is 17.5. The Balaban J connectivity index is 1.87. The Morgan fingerprint density at radius 2 is 2.00 bits per heavy atom. The third-order valence-corrected chi connectivity index (χ3v) is 5.15. The summed E-state index contributed by atoms with van der Waals surface area (Å²) < 4.78 is 39.8. The molecule has 1 saturated heterocycles. The number of ether oxygens (including phenoxy) is 3. The van der Waals surface area contributed by atoms with E-state index in [9.17, 15) is 23.7 Å². The first-order valence-electron chi connectivity index (χ1n) is 9.78. The average molecular weight is 448 g/mol. The topological polar surface area (TPSA) is 91.1 Å². The predicted octanol–water partition coefficient (Wildman–Crippen LogP) is 4.59. The quantitative estimate of drug-likeness (QED) is 0.333. The number of hydrogen-bond donors (Lipinski definition) is 0. The van der Waals surface area contributed by atoms with E-state index in [1.807, 2.05) is 24.3 Å². The normalized spacial score (nSPS) is 15.9. The van der Waals surface area contributed by atoms with Crippen molar-refractivity contribution in [3.05, 3.63) is 63.7 Å². The minimum absolute atomic E-state index is 0.0268. The summed E-state index contributed by atoms with van der Waals surface area (Å²) in [5, 5.41) is 11.4. The minimum Gasteiger partial charge on any atom is -0.497 e. The Hall–Kier alpha value is -3.69. The number of hydrogen-bond acceptors (Lipinski definition) is 6. The molecule has 10 heteroatoms. The van der Waals surface area contributed by atoms with Gasteiger partial charge in [-0.05, 0) is 42.7 Å². The molecule has 2 aromatic rings. The van der Waals surface area contributed by atoms with Gasteiger partial charge >= 0.3 is 6.61 Å². The van der Waals surface area contributed by atoms with Crippen molar-refractivity contribution >= 4 is 17.7 Å². The lowest BCUT2D eigenvalue weighted by Gasteiger charge is -2.24. The highest BCUT2D eigenvalue weighted by Crippen LogP contribution is 2.37. The van der Waals surface area contributed by atoms with Gasteiger partial charge in [0, 0.05) is 12.6 Å². The Labute approximate surface area is 183 Å². The second-order valence-corrected chi connectivity index (χ2v) is 7.00.